The van der Waals surface area contributed by atoms with Gasteiger partial charge in [-0.25, -0.2) is 9.97 Å². The van der Waals surface area contributed by atoms with Crippen molar-refractivity contribution in [2.45, 2.75) is 26.1 Å². The molecule has 6 heteroatoms. The molecule has 3 N–H and O–H groups in total. The van der Waals surface area contributed by atoms with Crippen molar-refractivity contribution in [3.8, 4) is 0 Å². The SMILES string of the molecule is CNc1cc(NCC(C)(C)O)nc(COC)n1. The minimum Gasteiger partial charge on any atom is -0.389 e. The highest BCUT2D eigenvalue weighted by Crippen LogP contribution is 2.12. The molecule has 0 aromatic carbocycles. The lowest BCUT2D eigenvalue weighted by atomic mass is 10.1. The Morgan fingerprint density at radius 2 is 2.00 bits per heavy atom. The first-order chi connectivity index (χ1) is 7.94. The van der Waals surface area contributed by atoms with Gasteiger partial charge in [-0.05, 0) is 13.8 Å². The maximum atomic E-state index is 9.63. The van der Waals surface area contributed by atoms with Crippen LogP contribution >= 0.6 is 0 Å². The van der Waals surface area contributed by atoms with E-state index >= 15 is 0 Å². The van der Waals surface area contributed by atoms with E-state index in [0.29, 0.717) is 30.6 Å². The lowest BCUT2D eigenvalue weighted by Crippen LogP contribution is -2.29. The zero-order chi connectivity index (χ0) is 12.9. The molecule has 6 nitrogen and oxygen atoms in total. The van der Waals surface area contributed by atoms with E-state index in [9.17, 15) is 5.11 Å². The van der Waals surface area contributed by atoms with Gasteiger partial charge < -0.3 is 20.5 Å². The van der Waals surface area contributed by atoms with E-state index in [-0.39, 0.29) is 0 Å². The summed E-state index contributed by atoms with van der Waals surface area (Å²) < 4.78 is 5.00. The first kappa shape index (κ1) is 13.7. The molecule has 0 bridgehead atoms. The van der Waals surface area contributed by atoms with Crippen LogP contribution in [0.15, 0.2) is 6.07 Å². The number of aromatic nitrogens is 2. The van der Waals surface area contributed by atoms with Crippen molar-refractivity contribution in [2.24, 2.45) is 0 Å². The van der Waals surface area contributed by atoms with Crippen molar-refractivity contribution in [3.05, 3.63) is 11.9 Å². The predicted octanol–water partition coefficient (Wildman–Crippen LogP) is 0.847. The summed E-state index contributed by atoms with van der Waals surface area (Å²) in [5.41, 5.74) is -0.786. The minimum atomic E-state index is -0.786. The van der Waals surface area contributed by atoms with E-state index in [0.717, 1.165) is 0 Å². The Balaban J connectivity index is 2.79. The Morgan fingerprint density at radius 1 is 1.35 bits per heavy atom. The summed E-state index contributed by atoms with van der Waals surface area (Å²) >= 11 is 0. The second kappa shape index (κ2) is 5.79. The second-order valence-electron chi connectivity index (χ2n) is 4.40. The molecule has 96 valence electrons. The van der Waals surface area contributed by atoms with Crippen molar-refractivity contribution in [1.82, 2.24) is 9.97 Å². The van der Waals surface area contributed by atoms with Gasteiger partial charge in [0.15, 0.2) is 5.82 Å². The summed E-state index contributed by atoms with van der Waals surface area (Å²) in [7, 11) is 3.39. The highest BCUT2D eigenvalue weighted by atomic mass is 16.5. The van der Waals surface area contributed by atoms with Crippen LogP contribution in [0.3, 0.4) is 0 Å². The van der Waals surface area contributed by atoms with Crippen LogP contribution in [0.2, 0.25) is 0 Å². The average molecular weight is 240 g/mol. The first-order valence-corrected chi connectivity index (χ1v) is 5.45. The summed E-state index contributed by atoms with van der Waals surface area (Å²) in [4.78, 5) is 8.51. The van der Waals surface area contributed by atoms with E-state index in [2.05, 4.69) is 20.6 Å². The van der Waals surface area contributed by atoms with E-state index in [1.165, 1.54) is 0 Å². The highest BCUT2D eigenvalue weighted by molar-refractivity contribution is 5.47. The van der Waals surface area contributed by atoms with Crippen LogP contribution in [-0.4, -0.2) is 41.4 Å². The van der Waals surface area contributed by atoms with E-state index in [1.807, 2.05) is 0 Å². The fourth-order valence-corrected chi connectivity index (χ4v) is 1.22. The molecule has 0 saturated carbocycles. The zero-order valence-electron chi connectivity index (χ0n) is 10.7. The Labute approximate surface area is 101 Å². The van der Waals surface area contributed by atoms with Crippen LogP contribution in [0.4, 0.5) is 11.6 Å². The zero-order valence-corrected chi connectivity index (χ0v) is 10.7. The molecule has 0 saturated heterocycles. The smallest absolute Gasteiger partial charge is 0.158 e. The van der Waals surface area contributed by atoms with Gasteiger partial charge in [-0.2, -0.15) is 0 Å². The summed E-state index contributed by atoms with van der Waals surface area (Å²) in [5.74, 6) is 1.97. The monoisotopic (exact) mass is 240 g/mol. The molecule has 1 aromatic rings. The fourth-order valence-electron chi connectivity index (χ4n) is 1.22. The van der Waals surface area contributed by atoms with Gasteiger partial charge in [-0.1, -0.05) is 0 Å². The Hall–Kier alpha value is -1.40. The van der Waals surface area contributed by atoms with Crippen LogP contribution in [-0.2, 0) is 11.3 Å². The molecule has 1 rings (SSSR count). The molecular formula is C11H20N4O2. The molecule has 0 unspecified atom stereocenters. The number of ether oxygens (including phenoxy) is 1. The van der Waals surface area contributed by atoms with Crippen molar-refractivity contribution in [2.75, 3.05) is 31.3 Å². The summed E-state index contributed by atoms with van der Waals surface area (Å²) in [6.07, 6.45) is 0. The molecule has 0 fully saturated rings. The summed E-state index contributed by atoms with van der Waals surface area (Å²) in [5, 5.41) is 15.6. The third-order valence-electron chi connectivity index (χ3n) is 2.00. The third kappa shape index (κ3) is 4.97. The topological polar surface area (TPSA) is 79.3 Å². The predicted molar refractivity (Wildman–Crippen MR) is 67.1 cm³/mol. The third-order valence-corrected chi connectivity index (χ3v) is 2.00. The van der Waals surface area contributed by atoms with Crippen LogP contribution in [0.5, 0.6) is 0 Å². The molecular weight excluding hydrogens is 220 g/mol. The molecule has 0 radical (unpaired) electrons. The minimum absolute atomic E-state index is 0.354. The molecule has 0 aliphatic heterocycles. The van der Waals surface area contributed by atoms with Crippen molar-refractivity contribution in [1.29, 1.82) is 0 Å². The molecule has 0 amide bonds. The number of hydrogen-bond acceptors (Lipinski definition) is 6. The second-order valence-corrected chi connectivity index (χ2v) is 4.40. The Kier molecular flexibility index (Phi) is 4.65. The summed E-state index contributed by atoms with van der Waals surface area (Å²) in [6, 6.07) is 1.78. The molecule has 1 heterocycles. The largest absolute Gasteiger partial charge is 0.389 e. The standard InChI is InChI=1S/C11H20N4O2/c1-11(2,16)7-13-9-5-8(12-3)14-10(15-9)6-17-4/h5,16H,6-7H2,1-4H3,(H2,12,13,14,15). The van der Waals surface area contributed by atoms with Gasteiger partial charge in [0.1, 0.15) is 18.2 Å². The highest BCUT2D eigenvalue weighted by Gasteiger charge is 2.12. The van der Waals surface area contributed by atoms with Gasteiger partial charge >= 0.3 is 0 Å². The van der Waals surface area contributed by atoms with Crippen LogP contribution < -0.4 is 10.6 Å². The number of hydrogen-bond donors (Lipinski definition) is 3. The first-order valence-electron chi connectivity index (χ1n) is 5.45. The molecule has 0 aliphatic carbocycles. The van der Waals surface area contributed by atoms with Crippen molar-refractivity contribution >= 4 is 11.6 Å². The lowest BCUT2D eigenvalue weighted by molar-refractivity contribution is 0.0944. The maximum Gasteiger partial charge on any atom is 0.158 e. The Morgan fingerprint density at radius 3 is 2.53 bits per heavy atom. The molecule has 1 aromatic heterocycles. The lowest BCUT2D eigenvalue weighted by Gasteiger charge is -2.18. The quantitative estimate of drug-likeness (QED) is 0.684. The van der Waals surface area contributed by atoms with Crippen molar-refractivity contribution in [3.63, 3.8) is 0 Å². The molecule has 0 spiro atoms. The van der Waals surface area contributed by atoms with Gasteiger partial charge in [0.25, 0.3) is 0 Å². The fraction of sp³-hybridized carbons (Fsp3) is 0.636. The van der Waals surface area contributed by atoms with Gasteiger partial charge in [-0.3, -0.25) is 0 Å². The number of anilines is 2. The van der Waals surface area contributed by atoms with Gasteiger partial charge in [0.05, 0.1) is 5.60 Å². The molecule has 0 atom stereocenters. The number of nitrogens with one attached hydrogen (secondary N) is 2. The average Bonchev–Trinajstić information content (AvgIpc) is 2.25. The van der Waals surface area contributed by atoms with E-state index in [4.69, 9.17) is 4.74 Å². The van der Waals surface area contributed by atoms with Crippen molar-refractivity contribution < 1.29 is 9.84 Å². The number of rotatable bonds is 6. The van der Waals surface area contributed by atoms with Gasteiger partial charge in [-0.15, -0.1) is 0 Å². The van der Waals surface area contributed by atoms with Gasteiger partial charge in [0, 0.05) is 26.8 Å². The molecule has 0 aliphatic rings. The number of methoxy groups -OCH3 is 1. The van der Waals surface area contributed by atoms with E-state index < -0.39 is 5.60 Å². The molecule has 17 heavy (non-hydrogen) atoms. The summed E-state index contributed by atoms with van der Waals surface area (Å²) in [6.45, 7) is 4.23. The van der Waals surface area contributed by atoms with Crippen LogP contribution in [0, 0.1) is 0 Å². The Bertz CT molecular complexity index is 363. The normalized spacial score (nSPS) is 11.4. The van der Waals surface area contributed by atoms with Crippen LogP contribution in [0.25, 0.3) is 0 Å². The van der Waals surface area contributed by atoms with Gasteiger partial charge in [0.2, 0.25) is 0 Å². The number of aliphatic hydroxyl groups is 1. The maximum absolute atomic E-state index is 9.63. The van der Waals surface area contributed by atoms with E-state index in [1.54, 1.807) is 34.1 Å². The number of nitrogens with zero attached hydrogens (tertiary/aromatic N) is 2. The van der Waals surface area contributed by atoms with Crippen LogP contribution in [0.1, 0.15) is 19.7 Å².